The van der Waals surface area contributed by atoms with Crippen LogP contribution in [0.3, 0.4) is 0 Å². The molecule has 0 fully saturated rings. The Labute approximate surface area is 89.1 Å². The standard InChI is InChI=1S/C8H5ClFN3S/c9-7-11-12-8(14)13(7)6-3-1-2-5(10)4-6/h1-4H,(H,12,14). The number of rotatable bonds is 1. The highest BCUT2D eigenvalue weighted by molar-refractivity contribution is 7.71. The highest BCUT2D eigenvalue weighted by Gasteiger charge is 2.05. The molecule has 14 heavy (non-hydrogen) atoms. The second-order valence-corrected chi connectivity index (χ2v) is 3.34. The zero-order chi connectivity index (χ0) is 10.1. The SMILES string of the molecule is Fc1cccc(-n2c(Cl)n[nH]c2=S)c1. The molecule has 0 aliphatic rings. The van der Waals surface area contributed by atoms with E-state index < -0.39 is 0 Å². The molecule has 0 spiro atoms. The van der Waals surface area contributed by atoms with Crippen molar-refractivity contribution in [2.45, 2.75) is 0 Å². The van der Waals surface area contributed by atoms with Gasteiger partial charge in [-0.15, -0.1) is 5.10 Å². The van der Waals surface area contributed by atoms with Gasteiger partial charge in [0.25, 0.3) is 0 Å². The second kappa shape index (κ2) is 3.51. The van der Waals surface area contributed by atoms with E-state index >= 15 is 0 Å². The van der Waals surface area contributed by atoms with E-state index in [9.17, 15) is 4.39 Å². The summed E-state index contributed by atoms with van der Waals surface area (Å²) >= 11 is 10.7. The highest BCUT2D eigenvalue weighted by atomic mass is 35.5. The number of halogens is 2. The van der Waals surface area contributed by atoms with Crippen LogP contribution in [0.15, 0.2) is 24.3 Å². The molecule has 1 aromatic carbocycles. The molecule has 1 heterocycles. The first-order valence-corrected chi connectivity index (χ1v) is 4.56. The van der Waals surface area contributed by atoms with Gasteiger partial charge in [0.15, 0.2) is 0 Å². The average Bonchev–Trinajstić information content (AvgIpc) is 2.46. The van der Waals surface area contributed by atoms with Crippen LogP contribution < -0.4 is 0 Å². The van der Waals surface area contributed by atoms with Gasteiger partial charge in [-0.3, -0.25) is 9.67 Å². The molecule has 0 saturated heterocycles. The summed E-state index contributed by atoms with van der Waals surface area (Å²) in [7, 11) is 0. The number of aromatic nitrogens is 3. The van der Waals surface area contributed by atoms with Gasteiger partial charge in [0.1, 0.15) is 5.82 Å². The summed E-state index contributed by atoms with van der Waals surface area (Å²) in [6.07, 6.45) is 0. The Kier molecular flexibility index (Phi) is 2.35. The average molecular weight is 230 g/mol. The lowest BCUT2D eigenvalue weighted by Crippen LogP contribution is -1.94. The molecule has 2 aromatic rings. The third-order valence-corrected chi connectivity index (χ3v) is 2.23. The van der Waals surface area contributed by atoms with Crippen LogP contribution in [0.2, 0.25) is 5.28 Å². The van der Waals surface area contributed by atoms with Crippen molar-refractivity contribution in [3.05, 3.63) is 40.1 Å². The number of hydrogen-bond acceptors (Lipinski definition) is 2. The fourth-order valence-electron chi connectivity index (χ4n) is 1.12. The van der Waals surface area contributed by atoms with E-state index in [1.54, 1.807) is 12.1 Å². The Morgan fingerprint density at radius 1 is 1.50 bits per heavy atom. The molecule has 1 N–H and O–H groups in total. The van der Waals surface area contributed by atoms with Crippen LogP contribution >= 0.6 is 23.8 Å². The summed E-state index contributed by atoms with van der Waals surface area (Å²) in [5.41, 5.74) is 0.550. The van der Waals surface area contributed by atoms with E-state index in [1.807, 2.05) is 0 Å². The number of nitrogens with zero attached hydrogens (tertiary/aromatic N) is 2. The Bertz CT molecular complexity index is 519. The molecule has 2 rings (SSSR count). The topological polar surface area (TPSA) is 33.6 Å². The quantitative estimate of drug-likeness (QED) is 0.763. The third kappa shape index (κ3) is 1.56. The number of nitrogens with one attached hydrogen (secondary N) is 1. The molecule has 3 nitrogen and oxygen atoms in total. The minimum absolute atomic E-state index is 0.181. The third-order valence-electron chi connectivity index (χ3n) is 1.70. The normalized spacial score (nSPS) is 10.4. The number of benzene rings is 1. The zero-order valence-corrected chi connectivity index (χ0v) is 8.44. The first-order valence-electron chi connectivity index (χ1n) is 3.77. The Morgan fingerprint density at radius 3 is 2.86 bits per heavy atom. The van der Waals surface area contributed by atoms with Crippen LogP contribution in [0.4, 0.5) is 4.39 Å². The second-order valence-electron chi connectivity index (χ2n) is 2.61. The van der Waals surface area contributed by atoms with Crippen LogP contribution in [-0.2, 0) is 0 Å². The highest BCUT2D eigenvalue weighted by Crippen LogP contribution is 2.15. The predicted octanol–water partition coefficient (Wildman–Crippen LogP) is 2.72. The van der Waals surface area contributed by atoms with E-state index in [0.717, 1.165) is 0 Å². The lowest BCUT2D eigenvalue weighted by molar-refractivity contribution is 0.626. The van der Waals surface area contributed by atoms with E-state index in [4.69, 9.17) is 23.8 Å². The molecule has 0 bridgehead atoms. The van der Waals surface area contributed by atoms with Crippen molar-refractivity contribution in [3.63, 3.8) is 0 Å². The molecule has 0 amide bonds. The first kappa shape index (κ1) is 9.36. The minimum Gasteiger partial charge on any atom is -0.259 e. The van der Waals surface area contributed by atoms with Gasteiger partial charge in [0.2, 0.25) is 10.1 Å². The van der Waals surface area contributed by atoms with Gasteiger partial charge in [0.05, 0.1) is 5.69 Å². The lowest BCUT2D eigenvalue weighted by Gasteiger charge is -2.01. The fourth-order valence-corrected chi connectivity index (χ4v) is 1.63. The van der Waals surface area contributed by atoms with Crippen molar-refractivity contribution in [1.82, 2.24) is 14.8 Å². The van der Waals surface area contributed by atoms with Gasteiger partial charge in [0, 0.05) is 0 Å². The van der Waals surface area contributed by atoms with Crippen molar-refractivity contribution in [1.29, 1.82) is 0 Å². The predicted molar refractivity (Wildman–Crippen MR) is 53.7 cm³/mol. The molecule has 1 aromatic heterocycles. The summed E-state index contributed by atoms with van der Waals surface area (Å²) in [4.78, 5) is 0. The summed E-state index contributed by atoms with van der Waals surface area (Å²) in [5, 5.41) is 6.41. The van der Waals surface area contributed by atoms with Crippen molar-refractivity contribution in [3.8, 4) is 5.69 Å². The number of H-pyrrole nitrogens is 1. The van der Waals surface area contributed by atoms with E-state index in [-0.39, 0.29) is 11.1 Å². The van der Waals surface area contributed by atoms with Crippen LogP contribution in [0, 0.1) is 10.6 Å². The van der Waals surface area contributed by atoms with Gasteiger partial charge in [-0.1, -0.05) is 6.07 Å². The monoisotopic (exact) mass is 229 g/mol. The van der Waals surface area contributed by atoms with Gasteiger partial charge in [-0.05, 0) is 42.0 Å². The maximum atomic E-state index is 12.9. The van der Waals surface area contributed by atoms with Gasteiger partial charge in [-0.2, -0.15) is 0 Å². The molecule has 0 atom stereocenters. The molecule has 0 unspecified atom stereocenters. The van der Waals surface area contributed by atoms with Gasteiger partial charge < -0.3 is 0 Å². The fraction of sp³-hybridized carbons (Fsp3) is 0. The van der Waals surface area contributed by atoms with Gasteiger partial charge in [-0.25, -0.2) is 4.39 Å². The van der Waals surface area contributed by atoms with Crippen molar-refractivity contribution in [2.75, 3.05) is 0 Å². The molecular formula is C8H5ClFN3S. The molecule has 0 aliphatic carbocycles. The maximum absolute atomic E-state index is 12.9. The van der Waals surface area contributed by atoms with Crippen LogP contribution in [0.1, 0.15) is 0 Å². The summed E-state index contributed by atoms with van der Waals surface area (Å²) in [6, 6.07) is 5.95. The van der Waals surface area contributed by atoms with Crippen molar-refractivity contribution < 1.29 is 4.39 Å². The smallest absolute Gasteiger partial charge is 0.228 e. The largest absolute Gasteiger partial charge is 0.259 e. The zero-order valence-electron chi connectivity index (χ0n) is 6.87. The first-order chi connectivity index (χ1) is 6.68. The van der Waals surface area contributed by atoms with E-state index in [2.05, 4.69) is 10.2 Å². The molecule has 0 aliphatic heterocycles. The van der Waals surface area contributed by atoms with Gasteiger partial charge >= 0.3 is 0 Å². The molecule has 0 saturated carbocycles. The summed E-state index contributed by atoms with van der Waals surface area (Å²) in [6.45, 7) is 0. The van der Waals surface area contributed by atoms with Crippen molar-refractivity contribution >= 4 is 23.8 Å². The summed E-state index contributed by atoms with van der Waals surface area (Å²) < 4.78 is 14.7. The lowest BCUT2D eigenvalue weighted by atomic mass is 10.3. The Hall–Kier alpha value is -1.20. The molecule has 6 heteroatoms. The minimum atomic E-state index is -0.346. The van der Waals surface area contributed by atoms with E-state index in [1.165, 1.54) is 16.7 Å². The number of aromatic amines is 1. The summed E-state index contributed by atoms with van der Waals surface area (Å²) in [5.74, 6) is -0.346. The Morgan fingerprint density at radius 2 is 2.29 bits per heavy atom. The van der Waals surface area contributed by atoms with Crippen molar-refractivity contribution in [2.24, 2.45) is 0 Å². The Balaban J connectivity index is 2.66. The molecular weight excluding hydrogens is 225 g/mol. The number of hydrogen-bond donors (Lipinski definition) is 1. The van der Waals surface area contributed by atoms with Crippen LogP contribution in [0.25, 0.3) is 5.69 Å². The van der Waals surface area contributed by atoms with Crippen LogP contribution in [-0.4, -0.2) is 14.8 Å². The van der Waals surface area contributed by atoms with E-state index in [0.29, 0.717) is 10.5 Å². The van der Waals surface area contributed by atoms with Crippen LogP contribution in [0.5, 0.6) is 0 Å². The molecule has 72 valence electrons. The maximum Gasteiger partial charge on any atom is 0.228 e. The molecule has 0 radical (unpaired) electrons.